The van der Waals surface area contributed by atoms with Gasteiger partial charge in [-0.15, -0.1) is 0 Å². The van der Waals surface area contributed by atoms with Crippen molar-refractivity contribution in [1.29, 1.82) is 5.26 Å². The molecule has 0 radical (unpaired) electrons. The average molecular weight is 281 g/mol. The predicted octanol–water partition coefficient (Wildman–Crippen LogP) is 3.57. The number of hydrogen-bond donors (Lipinski definition) is 1. The van der Waals surface area contributed by atoms with E-state index in [0.29, 0.717) is 10.3 Å². The number of para-hydroxylation sites is 2. The van der Waals surface area contributed by atoms with Gasteiger partial charge in [0.25, 0.3) is 0 Å². The second-order valence-electron chi connectivity index (χ2n) is 4.28. The van der Waals surface area contributed by atoms with Gasteiger partial charge in [-0.3, -0.25) is 4.57 Å². The lowest BCUT2D eigenvalue weighted by Gasteiger charge is -2.09. The standard InChI is InChI=1S/C15H11N3OS/c1-19-14-5-3-2-4-12(14)18-13-8-10(9-16)6-7-11(13)17-15(18)20/h2-8H,1H3,(H,17,20). The monoisotopic (exact) mass is 281 g/mol. The molecule has 0 aliphatic heterocycles. The molecule has 0 spiro atoms. The fourth-order valence-corrected chi connectivity index (χ4v) is 2.53. The van der Waals surface area contributed by atoms with Crippen LogP contribution < -0.4 is 4.74 Å². The van der Waals surface area contributed by atoms with Crippen LogP contribution in [0.25, 0.3) is 16.7 Å². The van der Waals surface area contributed by atoms with Crippen LogP contribution in [0, 0.1) is 16.1 Å². The van der Waals surface area contributed by atoms with Crippen LogP contribution >= 0.6 is 12.2 Å². The van der Waals surface area contributed by atoms with Gasteiger partial charge in [0.2, 0.25) is 0 Å². The molecule has 20 heavy (non-hydrogen) atoms. The highest BCUT2D eigenvalue weighted by Crippen LogP contribution is 2.27. The molecule has 3 rings (SSSR count). The Morgan fingerprint density at radius 3 is 2.80 bits per heavy atom. The summed E-state index contributed by atoms with van der Waals surface area (Å²) in [4.78, 5) is 3.14. The van der Waals surface area contributed by atoms with E-state index in [0.717, 1.165) is 22.5 Å². The van der Waals surface area contributed by atoms with Crippen molar-refractivity contribution in [3.05, 3.63) is 52.8 Å². The van der Waals surface area contributed by atoms with E-state index in [1.165, 1.54) is 0 Å². The SMILES string of the molecule is COc1ccccc1-n1c(=S)[nH]c2ccc(C#N)cc21. The summed E-state index contributed by atoms with van der Waals surface area (Å²) < 4.78 is 7.83. The molecule has 0 saturated carbocycles. The van der Waals surface area contributed by atoms with Gasteiger partial charge >= 0.3 is 0 Å². The van der Waals surface area contributed by atoms with Crippen molar-refractivity contribution < 1.29 is 4.74 Å². The first-order valence-electron chi connectivity index (χ1n) is 6.03. The summed E-state index contributed by atoms with van der Waals surface area (Å²) in [5.74, 6) is 0.729. The lowest BCUT2D eigenvalue weighted by molar-refractivity contribution is 0.413. The molecule has 0 amide bonds. The van der Waals surface area contributed by atoms with Crippen molar-refractivity contribution in [2.24, 2.45) is 0 Å². The zero-order valence-electron chi connectivity index (χ0n) is 10.8. The number of fused-ring (bicyclic) bond motifs is 1. The van der Waals surface area contributed by atoms with Crippen molar-refractivity contribution in [3.8, 4) is 17.5 Å². The van der Waals surface area contributed by atoms with Gasteiger partial charge in [0.1, 0.15) is 5.75 Å². The summed E-state index contributed by atoms with van der Waals surface area (Å²) in [6.45, 7) is 0. The van der Waals surface area contributed by atoms with Crippen LogP contribution in [0.5, 0.6) is 5.75 Å². The second-order valence-corrected chi connectivity index (χ2v) is 4.67. The maximum atomic E-state index is 9.05. The van der Waals surface area contributed by atoms with E-state index in [9.17, 15) is 0 Å². The fraction of sp³-hybridized carbons (Fsp3) is 0.0667. The number of imidazole rings is 1. The van der Waals surface area contributed by atoms with Crippen molar-refractivity contribution in [2.75, 3.05) is 7.11 Å². The molecule has 0 bridgehead atoms. The minimum atomic E-state index is 0.569. The quantitative estimate of drug-likeness (QED) is 0.731. The molecule has 0 unspecified atom stereocenters. The molecule has 0 aliphatic rings. The van der Waals surface area contributed by atoms with E-state index in [2.05, 4.69) is 11.1 Å². The minimum Gasteiger partial charge on any atom is -0.495 e. The van der Waals surface area contributed by atoms with E-state index >= 15 is 0 Å². The third kappa shape index (κ3) is 1.87. The largest absolute Gasteiger partial charge is 0.495 e. The van der Waals surface area contributed by atoms with Gasteiger partial charge in [0.15, 0.2) is 4.77 Å². The summed E-state index contributed by atoms with van der Waals surface area (Å²) in [6.07, 6.45) is 0. The molecule has 1 aromatic heterocycles. The number of benzene rings is 2. The van der Waals surface area contributed by atoms with Crippen molar-refractivity contribution in [2.45, 2.75) is 0 Å². The van der Waals surface area contributed by atoms with E-state index in [4.69, 9.17) is 22.2 Å². The lowest BCUT2D eigenvalue weighted by atomic mass is 10.2. The van der Waals surface area contributed by atoms with Crippen LogP contribution in [-0.2, 0) is 0 Å². The number of nitriles is 1. The summed E-state index contributed by atoms with van der Waals surface area (Å²) >= 11 is 5.39. The Labute approximate surface area is 120 Å². The highest BCUT2D eigenvalue weighted by atomic mass is 32.1. The molecule has 4 nitrogen and oxygen atoms in total. The molecular formula is C15H11N3OS. The van der Waals surface area contributed by atoms with E-state index in [-0.39, 0.29) is 0 Å². The molecule has 3 aromatic rings. The molecule has 0 saturated heterocycles. The van der Waals surface area contributed by atoms with E-state index < -0.39 is 0 Å². The first-order chi connectivity index (χ1) is 9.74. The lowest BCUT2D eigenvalue weighted by Crippen LogP contribution is -1.97. The molecule has 2 aromatic carbocycles. The maximum absolute atomic E-state index is 9.05. The van der Waals surface area contributed by atoms with Crippen molar-refractivity contribution in [1.82, 2.24) is 9.55 Å². The van der Waals surface area contributed by atoms with Crippen molar-refractivity contribution >= 4 is 23.3 Å². The minimum absolute atomic E-state index is 0.569. The van der Waals surface area contributed by atoms with Gasteiger partial charge in [-0.05, 0) is 42.5 Å². The molecule has 98 valence electrons. The van der Waals surface area contributed by atoms with Crippen LogP contribution in [-0.4, -0.2) is 16.7 Å². The van der Waals surface area contributed by atoms with Gasteiger partial charge in [-0.25, -0.2) is 0 Å². The van der Waals surface area contributed by atoms with Gasteiger partial charge in [0.05, 0.1) is 35.5 Å². The zero-order valence-corrected chi connectivity index (χ0v) is 11.6. The zero-order chi connectivity index (χ0) is 14.1. The molecular weight excluding hydrogens is 270 g/mol. The van der Waals surface area contributed by atoms with Gasteiger partial charge in [-0.1, -0.05) is 12.1 Å². The topological polar surface area (TPSA) is 53.7 Å². The van der Waals surface area contributed by atoms with Crippen LogP contribution in [0.1, 0.15) is 5.56 Å². The number of aromatic nitrogens is 2. The number of hydrogen-bond acceptors (Lipinski definition) is 3. The highest BCUT2D eigenvalue weighted by Gasteiger charge is 2.11. The van der Waals surface area contributed by atoms with E-state index in [1.807, 2.05) is 41.0 Å². The van der Waals surface area contributed by atoms with Crippen molar-refractivity contribution in [3.63, 3.8) is 0 Å². The third-order valence-corrected chi connectivity index (χ3v) is 3.42. The Morgan fingerprint density at radius 1 is 1.25 bits per heavy atom. The van der Waals surface area contributed by atoms with Crippen LogP contribution in [0.3, 0.4) is 0 Å². The Kier molecular flexibility index (Phi) is 3.01. The Morgan fingerprint density at radius 2 is 2.05 bits per heavy atom. The Bertz CT molecular complexity index is 886. The first-order valence-corrected chi connectivity index (χ1v) is 6.43. The number of H-pyrrole nitrogens is 1. The molecule has 0 fully saturated rings. The number of aromatic amines is 1. The van der Waals surface area contributed by atoms with Gasteiger partial charge < -0.3 is 9.72 Å². The fourth-order valence-electron chi connectivity index (χ4n) is 2.23. The predicted molar refractivity (Wildman–Crippen MR) is 79.7 cm³/mol. The molecule has 0 aliphatic carbocycles. The summed E-state index contributed by atoms with van der Waals surface area (Å²) in [6, 6.07) is 15.2. The summed E-state index contributed by atoms with van der Waals surface area (Å²) in [5.41, 5.74) is 3.19. The van der Waals surface area contributed by atoms with Crippen LogP contribution in [0.2, 0.25) is 0 Å². The molecule has 1 N–H and O–H groups in total. The third-order valence-electron chi connectivity index (χ3n) is 3.14. The average Bonchev–Trinajstić information content (AvgIpc) is 2.81. The van der Waals surface area contributed by atoms with E-state index in [1.54, 1.807) is 13.2 Å². The smallest absolute Gasteiger partial charge is 0.182 e. The number of ether oxygens (including phenoxy) is 1. The molecule has 0 atom stereocenters. The normalized spacial score (nSPS) is 10.4. The molecule has 1 heterocycles. The van der Waals surface area contributed by atoms with Crippen LogP contribution in [0.4, 0.5) is 0 Å². The number of methoxy groups -OCH3 is 1. The van der Waals surface area contributed by atoms with Gasteiger partial charge in [0, 0.05) is 0 Å². The Balaban J connectivity index is 2.39. The second kappa shape index (κ2) is 4.83. The highest BCUT2D eigenvalue weighted by molar-refractivity contribution is 7.71. The maximum Gasteiger partial charge on any atom is 0.182 e. The molecule has 5 heteroatoms. The van der Waals surface area contributed by atoms with Crippen LogP contribution in [0.15, 0.2) is 42.5 Å². The first kappa shape index (κ1) is 12.5. The Hall–Kier alpha value is -2.58. The van der Waals surface area contributed by atoms with Gasteiger partial charge in [-0.2, -0.15) is 5.26 Å². The number of nitrogens with zero attached hydrogens (tertiary/aromatic N) is 2. The number of nitrogens with one attached hydrogen (secondary N) is 1. The summed E-state index contributed by atoms with van der Waals surface area (Å²) in [7, 11) is 1.62. The summed E-state index contributed by atoms with van der Waals surface area (Å²) in [5, 5.41) is 9.05. The number of rotatable bonds is 2.